The van der Waals surface area contributed by atoms with Gasteiger partial charge in [-0.2, -0.15) is 0 Å². The average Bonchev–Trinajstić information content (AvgIpc) is 3.09. The van der Waals surface area contributed by atoms with Gasteiger partial charge in [0, 0.05) is 11.9 Å². The molecule has 0 bridgehead atoms. The molecule has 5 heteroatoms. The SMILES string of the molecule is CC[C@@H]1Cn2c(C(=O)NCCCc3ccccc3)cc3c(Cl)ccc(c32)O1. The van der Waals surface area contributed by atoms with Crippen molar-refractivity contribution in [2.24, 2.45) is 0 Å². The second-order valence-corrected chi connectivity index (χ2v) is 7.35. The maximum Gasteiger partial charge on any atom is 0.267 e. The Labute approximate surface area is 164 Å². The van der Waals surface area contributed by atoms with Crippen molar-refractivity contribution in [2.45, 2.75) is 38.8 Å². The number of aryl methyl sites for hydroxylation is 1. The summed E-state index contributed by atoms with van der Waals surface area (Å²) in [4.78, 5) is 12.8. The molecule has 1 aliphatic heterocycles. The van der Waals surface area contributed by atoms with Crippen LogP contribution in [0.4, 0.5) is 0 Å². The summed E-state index contributed by atoms with van der Waals surface area (Å²) < 4.78 is 8.09. The number of hydrogen-bond donors (Lipinski definition) is 1. The van der Waals surface area contributed by atoms with Crippen LogP contribution in [-0.4, -0.2) is 23.1 Å². The molecule has 0 fully saturated rings. The Morgan fingerprint density at radius 3 is 2.85 bits per heavy atom. The second kappa shape index (κ2) is 7.65. The number of aromatic nitrogens is 1. The van der Waals surface area contributed by atoms with Gasteiger partial charge >= 0.3 is 0 Å². The quantitative estimate of drug-likeness (QED) is 0.620. The van der Waals surface area contributed by atoms with E-state index >= 15 is 0 Å². The Hall–Kier alpha value is -2.46. The van der Waals surface area contributed by atoms with Gasteiger partial charge in [-0.1, -0.05) is 48.9 Å². The van der Waals surface area contributed by atoms with Crippen LogP contribution >= 0.6 is 11.6 Å². The lowest BCUT2D eigenvalue weighted by Crippen LogP contribution is -2.32. The lowest BCUT2D eigenvalue weighted by Gasteiger charge is -2.26. The molecule has 0 radical (unpaired) electrons. The first-order chi connectivity index (χ1) is 13.2. The number of rotatable bonds is 6. The molecule has 4 nitrogen and oxygen atoms in total. The summed E-state index contributed by atoms with van der Waals surface area (Å²) in [5, 5.41) is 4.57. The van der Waals surface area contributed by atoms with E-state index in [2.05, 4.69) is 28.9 Å². The van der Waals surface area contributed by atoms with Gasteiger partial charge in [-0.05, 0) is 43.0 Å². The van der Waals surface area contributed by atoms with Gasteiger partial charge in [0.05, 0.1) is 17.1 Å². The Morgan fingerprint density at radius 1 is 1.26 bits per heavy atom. The van der Waals surface area contributed by atoms with Crippen LogP contribution in [0.1, 0.15) is 35.8 Å². The number of amides is 1. The summed E-state index contributed by atoms with van der Waals surface area (Å²) >= 11 is 6.36. The van der Waals surface area contributed by atoms with E-state index in [0.29, 0.717) is 23.8 Å². The predicted octanol–water partition coefficient (Wildman–Crippen LogP) is 4.83. The van der Waals surface area contributed by atoms with Crippen molar-refractivity contribution in [1.29, 1.82) is 0 Å². The molecule has 1 aromatic heterocycles. The van der Waals surface area contributed by atoms with E-state index in [1.54, 1.807) is 0 Å². The van der Waals surface area contributed by atoms with Crippen LogP contribution in [0.5, 0.6) is 5.75 Å². The van der Waals surface area contributed by atoms with Gasteiger partial charge in [0.2, 0.25) is 0 Å². The number of halogens is 1. The van der Waals surface area contributed by atoms with Gasteiger partial charge in [0.1, 0.15) is 17.5 Å². The van der Waals surface area contributed by atoms with Crippen LogP contribution in [0.25, 0.3) is 10.9 Å². The molecule has 0 saturated carbocycles. The fourth-order valence-corrected chi connectivity index (χ4v) is 3.86. The number of carbonyl (C=O) groups excluding carboxylic acids is 1. The van der Waals surface area contributed by atoms with Gasteiger partial charge in [0.25, 0.3) is 5.91 Å². The molecule has 4 rings (SSSR count). The smallest absolute Gasteiger partial charge is 0.267 e. The molecular weight excluding hydrogens is 360 g/mol. The molecule has 0 saturated heterocycles. The fourth-order valence-electron chi connectivity index (χ4n) is 3.65. The van der Waals surface area contributed by atoms with Crippen molar-refractivity contribution in [2.75, 3.05) is 6.54 Å². The number of ether oxygens (including phenoxy) is 1. The normalized spacial score (nSPS) is 15.6. The Morgan fingerprint density at radius 2 is 2.07 bits per heavy atom. The second-order valence-electron chi connectivity index (χ2n) is 6.94. The minimum absolute atomic E-state index is 0.0574. The summed E-state index contributed by atoms with van der Waals surface area (Å²) in [6.07, 6.45) is 2.81. The molecule has 0 spiro atoms. The van der Waals surface area contributed by atoms with Crippen LogP contribution < -0.4 is 10.1 Å². The molecule has 1 aliphatic rings. The van der Waals surface area contributed by atoms with E-state index in [-0.39, 0.29) is 12.0 Å². The van der Waals surface area contributed by atoms with Gasteiger partial charge in [-0.3, -0.25) is 4.79 Å². The molecule has 2 aromatic carbocycles. The summed E-state index contributed by atoms with van der Waals surface area (Å²) in [6.45, 7) is 3.40. The molecule has 1 N–H and O–H groups in total. The topological polar surface area (TPSA) is 43.3 Å². The van der Waals surface area contributed by atoms with Crippen LogP contribution in [0, 0.1) is 0 Å². The van der Waals surface area contributed by atoms with E-state index in [9.17, 15) is 4.79 Å². The van der Waals surface area contributed by atoms with Crippen molar-refractivity contribution in [1.82, 2.24) is 9.88 Å². The van der Waals surface area contributed by atoms with Gasteiger partial charge in [0.15, 0.2) is 0 Å². The number of nitrogens with zero attached hydrogens (tertiary/aromatic N) is 1. The molecule has 3 aromatic rings. The lowest BCUT2D eigenvalue weighted by atomic mass is 10.1. The molecule has 27 heavy (non-hydrogen) atoms. The Bertz CT molecular complexity index is 965. The highest BCUT2D eigenvalue weighted by Crippen LogP contribution is 2.38. The van der Waals surface area contributed by atoms with E-state index in [0.717, 1.165) is 35.9 Å². The third-order valence-electron chi connectivity index (χ3n) is 5.11. The van der Waals surface area contributed by atoms with E-state index in [4.69, 9.17) is 16.3 Å². The van der Waals surface area contributed by atoms with Gasteiger partial charge < -0.3 is 14.6 Å². The summed E-state index contributed by atoms with van der Waals surface area (Å²) in [5.74, 6) is 0.744. The van der Waals surface area contributed by atoms with Crippen molar-refractivity contribution in [3.05, 3.63) is 64.8 Å². The minimum Gasteiger partial charge on any atom is -0.486 e. The van der Waals surface area contributed by atoms with Crippen LogP contribution in [-0.2, 0) is 13.0 Å². The van der Waals surface area contributed by atoms with Gasteiger partial charge in [-0.15, -0.1) is 0 Å². The molecule has 1 atom stereocenters. The van der Waals surface area contributed by atoms with Crippen molar-refractivity contribution < 1.29 is 9.53 Å². The van der Waals surface area contributed by atoms with Crippen molar-refractivity contribution in [3.63, 3.8) is 0 Å². The zero-order valence-electron chi connectivity index (χ0n) is 15.4. The first kappa shape index (κ1) is 17.9. The van der Waals surface area contributed by atoms with Crippen molar-refractivity contribution in [3.8, 4) is 5.75 Å². The Balaban J connectivity index is 1.51. The zero-order chi connectivity index (χ0) is 18.8. The number of carbonyl (C=O) groups is 1. The highest BCUT2D eigenvalue weighted by Gasteiger charge is 2.26. The highest BCUT2D eigenvalue weighted by molar-refractivity contribution is 6.36. The van der Waals surface area contributed by atoms with E-state index in [1.165, 1.54) is 5.56 Å². The summed E-state index contributed by atoms with van der Waals surface area (Å²) in [5.41, 5.74) is 2.86. The molecule has 0 unspecified atom stereocenters. The maximum atomic E-state index is 12.8. The molecular formula is C22H23ClN2O2. The Kier molecular flexibility index (Phi) is 5.08. The summed E-state index contributed by atoms with van der Waals surface area (Å²) in [7, 11) is 0. The number of hydrogen-bond acceptors (Lipinski definition) is 2. The maximum absolute atomic E-state index is 12.8. The molecule has 2 heterocycles. The predicted molar refractivity (Wildman–Crippen MR) is 109 cm³/mol. The van der Waals surface area contributed by atoms with Crippen LogP contribution in [0.15, 0.2) is 48.5 Å². The van der Waals surface area contributed by atoms with E-state index < -0.39 is 0 Å². The summed E-state index contributed by atoms with van der Waals surface area (Å²) in [6, 6.07) is 15.9. The third-order valence-corrected chi connectivity index (χ3v) is 5.44. The monoisotopic (exact) mass is 382 g/mol. The molecule has 0 aliphatic carbocycles. The van der Waals surface area contributed by atoms with Crippen molar-refractivity contribution >= 4 is 28.4 Å². The highest BCUT2D eigenvalue weighted by atomic mass is 35.5. The molecule has 140 valence electrons. The van der Waals surface area contributed by atoms with Crippen LogP contribution in [0.3, 0.4) is 0 Å². The average molecular weight is 383 g/mol. The zero-order valence-corrected chi connectivity index (χ0v) is 16.1. The minimum atomic E-state index is -0.0574. The number of benzene rings is 2. The van der Waals surface area contributed by atoms with Gasteiger partial charge in [-0.25, -0.2) is 0 Å². The largest absolute Gasteiger partial charge is 0.486 e. The van der Waals surface area contributed by atoms with E-state index in [1.807, 2.05) is 36.4 Å². The molecule has 1 amide bonds. The number of nitrogens with one attached hydrogen (secondary N) is 1. The first-order valence-corrected chi connectivity index (χ1v) is 9.85. The van der Waals surface area contributed by atoms with Crippen LogP contribution in [0.2, 0.25) is 5.02 Å². The third kappa shape index (κ3) is 3.54. The lowest BCUT2D eigenvalue weighted by molar-refractivity contribution is 0.0937. The fraction of sp³-hybridized carbons (Fsp3) is 0.318. The standard InChI is InChI=1S/C22H23ClN2O2/c1-2-16-14-25-19(13-17-18(23)10-11-20(27-16)21(17)25)22(26)24-12-6-9-15-7-4-3-5-8-15/h3-5,7-8,10-11,13,16H,2,6,9,12,14H2,1H3,(H,24,26)/t16-/m1/s1. The first-order valence-electron chi connectivity index (χ1n) is 9.48.